The van der Waals surface area contributed by atoms with Gasteiger partial charge in [-0.15, -0.1) is 16.9 Å². The fourth-order valence-corrected chi connectivity index (χ4v) is 5.95. The van der Waals surface area contributed by atoms with Crippen LogP contribution in [0.25, 0.3) is 0 Å². The second-order valence-electron chi connectivity index (χ2n) is 7.89. The number of thioether (sulfide) groups is 2. The number of carbonyl (C=O) groups is 4. The molecular formula is C21H21N5O7S2. The van der Waals surface area contributed by atoms with Gasteiger partial charge >= 0.3 is 11.9 Å². The van der Waals surface area contributed by atoms with Crippen LogP contribution >= 0.6 is 23.5 Å². The number of aromatic nitrogens is 3. The van der Waals surface area contributed by atoms with Gasteiger partial charge in [0.1, 0.15) is 29.4 Å². The number of aliphatic hydroxyl groups is 1. The number of aryl methyl sites for hydroxylation is 1. The Bertz CT molecular complexity index is 1210. The number of aromatic amines is 1. The first-order chi connectivity index (χ1) is 16.7. The Labute approximate surface area is 207 Å². The third-order valence-corrected chi connectivity index (χ3v) is 7.67. The van der Waals surface area contributed by atoms with Crippen LogP contribution in [-0.4, -0.2) is 82.1 Å². The second kappa shape index (κ2) is 10.1. The van der Waals surface area contributed by atoms with E-state index in [1.54, 1.807) is 24.3 Å². The highest BCUT2D eigenvalue weighted by Crippen LogP contribution is 2.41. The number of nitrogens with one attached hydrogen (secondary N) is 2. The van der Waals surface area contributed by atoms with Gasteiger partial charge in [-0.05, 0) is 18.1 Å². The minimum Gasteiger partial charge on any atom is -0.481 e. The first-order valence-electron chi connectivity index (χ1n) is 10.4. The molecule has 3 atom stereocenters. The Kier molecular flexibility index (Phi) is 7.14. The number of carbonyl (C=O) groups excluding carboxylic acids is 2. The van der Waals surface area contributed by atoms with Crippen molar-refractivity contribution in [1.82, 2.24) is 25.4 Å². The lowest BCUT2D eigenvalue weighted by Crippen LogP contribution is -2.70. The van der Waals surface area contributed by atoms with Crippen LogP contribution in [0.4, 0.5) is 0 Å². The number of carboxylic acid groups (broad SMARTS) is 2. The van der Waals surface area contributed by atoms with E-state index in [9.17, 15) is 29.4 Å². The molecule has 12 nitrogen and oxygen atoms in total. The molecule has 0 bridgehead atoms. The molecule has 1 fully saturated rings. The van der Waals surface area contributed by atoms with Crippen LogP contribution in [0.15, 0.2) is 40.7 Å². The number of hydrogen-bond acceptors (Lipinski definition) is 9. The third-order valence-electron chi connectivity index (χ3n) is 5.39. The number of hydrogen-bond donors (Lipinski definition) is 5. The summed E-state index contributed by atoms with van der Waals surface area (Å²) < 4.78 is 0. The van der Waals surface area contributed by atoms with Gasteiger partial charge in [-0.2, -0.15) is 0 Å². The summed E-state index contributed by atoms with van der Waals surface area (Å²) in [5, 5.41) is 37.6. The maximum Gasteiger partial charge on any atom is 0.352 e. The lowest BCUT2D eigenvalue weighted by atomic mass is 10.0. The van der Waals surface area contributed by atoms with Gasteiger partial charge in [-0.25, -0.2) is 9.78 Å². The molecule has 2 aromatic rings. The van der Waals surface area contributed by atoms with Gasteiger partial charge < -0.3 is 20.6 Å². The van der Waals surface area contributed by atoms with Gasteiger partial charge in [0.2, 0.25) is 5.16 Å². The quantitative estimate of drug-likeness (QED) is 0.227. The molecule has 2 unspecified atom stereocenters. The predicted molar refractivity (Wildman–Crippen MR) is 124 cm³/mol. The second-order valence-corrected chi connectivity index (χ2v) is 9.94. The summed E-state index contributed by atoms with van der Waals surface area (Å²) in [7, 11) is 0. The molecule has 2 amide bonds. The summed E-state index contributed by atoms with van der Waals surface area (Å²) in [6.07, 6.45) is -1.78. The number of benzene rings is 1. The number of nitrogens with zero attached hydrogens (tertiary/aromatic N) is 3. The monoisotopic (exact) mass is 519 g/mol. The molecule has 5 N–H and O–H groups in total. The van der Waals surface area contributed by atoms with Gasteiger partial charge in [0.15, 0.2) is 6.10 Å². The summed E-state index contributed by atoms with van der Waals surface area (Å²) in [6, 6.07) is 5.81. The number of carboxylic acids is 2. The lowest BCUT2D eigenvalue weighted by molar-refractivity contribution is -0.151. The predicted octanol–water partition coefficient (Wildman–Crippen LogP) is 0.305. The molecule has 0 spiro atoms. The molecule has 1 aromatic carbocycles. The van der Waals surface area contributed by atoms with Crippen LogP contribution in [-0.2, 0) is 25.6 Å². The van der Waals surface area contributed by atoms with E-state index in [2.05, 4.69) is 20.5 Å². The Hall–Kier alpha value is -3.36. The van der Waals surface area contributed by atoms with E-state index in [0.29, 0.717) is 16.9 Å². The van der Waals surface area contributed by atoms with Gasteiger partial charge in [-0.3, -0.25) is 24.4 Å². The Morgan fingerprint density at radius 1 is 1.29 bits per heavy atom. The molecule has 0 saturated carbocycles. The highest BCUT2D eigenvalue weighted by Gasteiger charge is 2.54. The zero-order valence-electron chi connectivity index (χ0n) is 18.3. The van der Waals surface area contributed by atoms with Crippen molar-refractivity contribution in [2.45, 2.75) is 36.0 Å². The lowest BCUT2D eigenvalue weighted by Gasteiger charge is -2.49. The van der Waals surface area contributed by atoms with Crippen molar-refractivity contribution >= 4 is 47.3 Å². The number of amides is 2. The molecule has 184 valence electrons. The molecule has 4 rings (SSSR count). The molecule has 1 saturated heterocycles. The van der Waals surface area contributed by atoms with Gasteiger partial charge in [0.05, 0.1) is 0 Å². The third kappa shape index (κ3) is 5.18. The van der Waals surface area contributed by atoms with Crippen LogP contribution in [0.1, 0.15) is 23.1 Å². The number of β-lactam (4-membered cyclic amide) rings is 1. The van der Waals surface area contributed by atoms with Crippen LogP contribution in [0.3, 0.4) is 0 Å². The van der Waals surface area contributed by atoms with Crippen molar-refractivity contribution in [2.24, 2.45) is 0 Å². The Morgan fingerprint density at radius 3 is 2.66 bits per heavy atom. The minimum atomic E-state index is -1.46. The summed E-state index contributed by atoms with van der Waals surface area (Å²) in [6.45, 7) is 1.88. The number of fused-ring (bicyclic) bond motifs is 1. The summed E-state index contributed by atoms with van der Waals surface area (Å²) in [4.78, 5) is 53.3. The standard InChI is InChI=1S/C21H21N5O7S2/c1-9-2-4-10(5-3-9)16(29)17(30)23-14-18(31)26-15(20(32)33)11(7-34-19(14)26)8-35-21-22-12(24-25-21)6-13(27)28/h2-5,14,16,19,29H,6-8H2,1H3,(H,23,30)(H,27,28)(H,32,33)(H,22,24,25)/t14?,16?,19-/m1/s1. The molecule has 3 heterocycles. The van der Waals surface area contributed by atoms with Gasteiger partial charge in [-0.1, -0.05) is 41.6 Å². The molecular weight excluding hydrogens is 498 g/mol. The Morgan fingerprint density at radius 2 is 2.00 bits per heavy atom. The van der Waals surface area contributed by atoms with E-state index in [1.807, 2.05) is 6.92 Å². The van der Waals surface area contributed by atoms with E-state index in [1.165, 1.54) is 11.8 Å². The van der Waals surface area contributed by atoms with Crippen LogP contribution < -0.4 is 5.32 Å². The van der Waals surface area contributed by atoms with Crippen molar-refractivity contribution in [3.63, 3.8) is 0 Å². The zero-order valence-corrected chi connectivity index (χ0v) is 19.9. The van der Waals surface area contributed by atoms with Gasteiger partial charge in [0, 0.05) is 11.5 Å². The fraction of sp³-hybridized carbons (Fsp3) is 0.333. The molecule has 0 radical (unpaired) electrons. The van der Waals surface area contributed by atoms with Crippen LogP contribution in [0.5, 0.6) is 0 Å². The smallest absolute Gasteiger partial charge is 0.352 e. The highest BCUT2D eigenvalue weighted by molar-refractivity contribution is 8.01. The largest absolute Gasteiger partial charge is 0.481 e. The number of H-pyrrole nitrogens is 1. The summed E-state index contributed by atoms with van der Waals surface area (Å²) >= 11 is 2.42. The van der Waals surface area contributed by atoms with Crippen molar-refractivity contribution < 1.29 is 34.5 Å². The molecule has 2 aliphatic rings. The topological polar surface area (TPSA) is 186 Å². The van der Waals surface area contributed by atoms with E-state index in [-0.39, 0.29) is 28.9 Å². The van der Waals surface area contributed by atoms with Gasteiger partial charge in [0.25, 0.3) is 11.8 Å². The summed E-state index contributed by atoms with van der Waals surface area (Å²) in [5.74, 6) is -3.00. The van der Waals surface area contributed by atoms with E-state index in [0.717, 1.165) is 22.2 Å². The highest BCUT2D eigenvalue weighted by atomic mass is 32.2. The van der Waals surface area contributed by atoms with Crippen LogP contribution in [0.2, 0.25) is 0 Å². The number of aliphatic hydroxyl groups excluding tert-OH is 1. The maximum absolute atomic E-state index is 12.8. The molecule has 0 aliphatic carbocycles. The molecule has 2 aliphatic heterocycles. The van der Waals surface area contributed by atoms with Crippen molar-refractivity contribution in [3.05, 3.63) is 52.5 Å². The zero-order chi connectivity index (χ0) is 25.3. The average molecular weight is 520 g/mol. The fourth-order valence-electron chi connectivity index (χ4n) is 3.64. The van der Waals surface area contributed by atoms with Crippen molar-refractivity contribution in [1.29, 1.82) is 0 Å². The van der Waals surface area contributed by atoms with Crippen LogP contribution in [0, 0.1) is 6.92 Å². The maximum atomic E-state index is 12.8. The molecule has 35 heavy (non-hydrogen) atoms. The first-order valence-corrected chi connectivity index (χ1v) is 12.4. The minimum absolute atomic E-state index is 0.155. The summed E-state index contributed by atoms with van der Waals surface area (Å²) in [5.41, 5.74) is 1.68. The van der Waals surface area contributed by atoms with Crippen molar-refractivity contribution in [3.8, 4) is 0 Å². The number of aliphatic carboxylic acids is 2. The van der Waals surface area contributed by atoms with E-state index >= 15 is 0 Å². The number of rotatable bonds is 9. The first kappa shape index (κ1) is 24.8. The Balaban J connectivity index is 1.42. The normalized spacial score (nSPS) is 20.2. The van der Waals surface area contributed by atoms with E-state index < -0.39 is 41.3 Å². The molecule has 14 heteroatoms. The van der Waals surface area contributed by atoms with Crippen molar-refractivity contribution in [2.75, 3.05) is 11.5 Å². The average Bonchev–Trinajstić information content (AvgIpc) is 3.26. The van der Waals surface area contributed by atoms with E-state index in [4.69, 9.17) is 5.11 Å². The SMILES string of the molecule is Cc1ccc(C(O)C(=O)NC2C(=O)N3C(C(=O)O)=C(CSc4n[nH]c(CC(=O)O)n4)CS[C@H]23)cc1. The molecule has 1 aromatic heterocycles.